The number of carbonyl (C=O) groups excluding carboxylic acids is 2. The van der Waals surface area contributed by atoms with Gasteiger partial charge in [-0.2, -0.15) is 9.78 Å². The van der Waals surface area contributed by atoms with Gasteiger partial charge in [-0.05, 0) is 5.56 Å². The lowest BCUT2D eigenvalue weighted by atomic mass is 10.2. The van der Waals surface area contributed by atoms with E-state index in [9.17, 15) is 19.5 Å². The van der Waals surface area contributed by atoms with Gasteiger partial charge in [0.15, 0.2) is 17.7 Å². The molecule has 1 aromatic heterocycles. The van der Waals surface area contributed by atoms with Crippen molar-refractivity contribution in [3.8, 4) is 5.75 Å². The Morgan fingerprint density at radius 1 is 1.35 bits per heavy atom. The summed E-state index contributed by atoms with van der Waals surface area (Å²) in [7, 11) is 0. The van der Waals surface area contributed by atoms with Crippen LogP contribution in [-0.2, 0) is 11.3 Å². The van der Waals surface area contributed by atoms with Gasteiger partial charge in [0.05, 0.1) is 6.20 Å². The topological polar surface area (TPSA) is 98.5 Å². The van der Waals surface area contributed by atoms with Crippen LogP contribution in [0.5, 0.6) is 5.75 Å². The van der Waals surface area contributed by atoms with Gasteiger partial charge in [-0.3, -0.25) is 9.59 Å². The number of carbonyl (C=O) groups is 2. The van der Waals surface area contributed by atoms with Gasteiger partial charge in [0.25, 0.3) is 5.43 Å². The van der Waals surface area contributed by atoms with Gasteiger partial charge in [0, 0.05) is 0 Å². The van der Waals surface area contributed by atoms with E-state index in [4.69, 9.17) is 4.74 Å². The van der Waals surface area contributed by atoms with Crippen LogP contribution >= 0.6 is 0 Å². The lowest BCUT2D eigenvalue weighted by Gasteiger charge is -2.06. The summed E-state index contributed by atoms with van der Waals surface area (Å²) in [5, 5.41) is 12.8. The van der Waals surface area contributed by atoms with Gasteiger partial charge in [0.2, 0.25) is 0 Å². The standard InChI is InChI=1S/C13H10N2O5/c16-7-10-12(18)11(17)6-15(14-10)13(19)20-8-9-4-2-1-3-5-9/h1-7,17H,8H2. The largest absolute Gasteiger partial charge is 0.503 e. The highest BCUT2D eigenvalue weighted by Gasteiger charge is 2.13. The van der Waals surface area contributed by atoms with Crippen LogP contribution in [0, 0.1) is 0 Å². The van der Waals surface area contributed by atoms with E-state index in [1.165, 1.54) is 0 Å². The first-order chi connectivity index (χ1) is 9.61. The minimum atomic E-state index is -0.938. The number of aromatic hydroxyl groups is 1. The maximum Gasteiger partial charge on any atom is 0.435 e. The molecule has 0 amide bonds. The van der Waals surface area contributed by atoms with Gasteiger partial charge in [-0.1, -0.05) is 30.3 Å². The average Bonchev–Trinajstić information content (AvgIpc) is 2.48. The number of benzene rings is 1. The molecule has 0 saturated carbocycles. The fraction of sp³-hybridized carbons (Fsp3) is 0.0769. The van der Waals surface area contributed by atoms with Crippen LogP contribution in [-0.4, -0.2) is 27.3 Å². The Hall–Kier alpha value is -2.96. The summed E-state index contributed by atoms with van der Waals surface area (Å²) in [5.41, 5.74) is -0.740. The van der Waals surface area contributed by atoms with E-state index in [-0.39, 0.29) is 12.9 Å². The van der Waals surface area contributed by atoms with E-state index in [0.29, 0.717) is 4.68 Å². The minimum absolute atomic E-state index is 0.00463. The van der Waals surface area contributed by atoms with Gasteiger partial charge in [-0.25, -0.2) is 4.79 Å². The second-order valence-corrected chi connectivity index (χ2v) is 3.83. The average molecular weight is 274 g/mol. The molecular weight excluding hydrogens is 264 g/mol. The lowest BCUT2D eigenvalue weighted by Crippen LogP contribution is -2.23. The molecule has 1 heterocycles. The lowest BCUT2D eigenvalue weighted by molar-refractivity contribution is 0.111. The Labute approximate surface area is 113 Å². The summed E-state index contributed by atoms with van der Waals surface area (Å²) in [6.07, 6.45) is 0.0401. The maximum atomic E-state index is 11.7. The predicted octanol–water partition coefficient (Wildman–Crippen LogP) is 0.946. The summed E-state index contributed by atoms with van der Waals surface area (Å²) in [6.45, 7) is 0.00463. The zero-order valence-electron chi connectivity index (χ0n) is 10.2. The monoisotopic (exact) mass is 274 g/mol. The molecule has 7 nitrogen and oxygen atoms in total. The van der Waals surface area contributed by atoms with Crippen molar-refractivity contribution in [1.82, 2.24) is 9.78 Å². The summed E-state index contributed by atoms with van der Waals surface area (Å²) in [4.78, 5) is 33.5. The van der Waals surface area contributed by atoms with Gasteiger partial charge < -0.3 is 9.84 Å². The van der Waals surface area contributed by atoms with E-state index in [1.807, 2.05) is 6.07 Å². The van der Waals surface area contributed by atoms with E-state index < -0.39 is 23.0 Å². The van der Waals surface area contributed by atoms with E-state index in [0.717, 1.165) is 11.8 Å². The maximum absolute atomic E-state index is 11.7. The summed E-state index contributed by atoms with van der Waals surface area (Å²) < 4.78 is 5.54. The van der Waals surface area contributed by atoms with Crippen LogP contribution < -0.4 is 5.43 Å². The molecule has 0 atom stereocenters. The molecule has 102 valence electrons. The third-order valence-electron chi connectivity index (χ3n) is 2.43. The molecule has 0 aliphatic rings. The number of nitrogens with zero attached hydrogens (tertiary/aromatic N) is 2. The fourth-order valence-electron chi connectivity index (χ4n) is 1.45. The molecular formula is C13H10N2O5. The van der Waals surface area contributed by atoms with Crippen molar-refractivity contribution in [3.05, 3.63) is 58.0 Å². The molecule has 7 heteroatoms. The highest BCUT2D eigenvalue weighted by Crippen LogP contribution is 2.04. The van der Waals surface area contributed by atoms with E-state index in [1.54, 1.807) is 24.3 Å². The molecule has 0 fully saturated rings. The van der Waals surface area contributed by atoms with Crippen LogP contribution in [0.2, 0.25) is 0 Å². The van der Waals surface area contributed by atoms with Crippen molar-refractivity contribution in [3.63, 3.8) is 0 Å². The van der Waals surface area contributed by atoms with Crippen molar-refractivity contribution in [2.45, 2.75) is 6.61 Å². The fourth-order valence-corrected chi connectivity index (χ4v) is 1.45. The smallest absolute Gasteiger partial charge is 0.435 e. The molecule has 0 spiro atoms. The van der Waals surface area contributed by atoms with Gasteiger partial charge in [-0.15, -0.1) is 0 Å². The van der Waals surface area contributed by atoms with Gasteiger partial charge in [0.1, 0.15) is 6.61 Å². The normalized spacial score (nSPS) is 10.0. The quantitative estimate of drug-likeness (QED) is 0.836. The Bertz CT molecular complexity index is 694. The van der Waals surface area contributed by atoms with Crippen LogP contribution in [0.1, 0.15) is 16.1 Å². The first-order valence-corrected chi connectivity index (χ1v) is 5.61. The minimum Gasteiger partial charge on any atom is -0.503 e. The molecule has 0 bridgehead atoms. The summed E-state index contributed by atoms with van der Waals surface area (Å²) in [6, 6.07) is 8.93. The van der Waals surface area contributed by atoms with Crippen LogP contribution in [0.4, 0.5) is 4.79 Å². The SMILES string of the molecule is O=Cc1nn(C(=O)OCc2ccccc2)cc(O)c1=O. The number of hydrogen-bond acceptors (Lipinski definition) is 6. The van der Waals surface area contributed by atoms with E-state index >= 15 is 0 Å². The highest BCUT2D eigenvalue weighted by atomic mass is 16.6. The number of rotatable bonds is 3. The van der Waals surface area contributed by atoms with Crippen molar-refractivity contribution in [2.24, 2.45) is 0 Å². The van der Waals surface area contributed by atoms with E-state index in [2.05, 4.69) is 5.10 Å². The third-order valence-corrected chi connectivity index (χ3v) is 2.43. The molecule has 0 aliphatic heterocycles. The Kier molecular flexibility index (Phi) is 3.90. The van der Waals surface area contributed by atoms with Crippen molar-refractivity contribution < 1.29 is 19.4 Å². The van der Waals surface area contributed by atoms with Crippen LogP contribution in [0.25, 0.3) is 0 Å². The zero-order valence-corrected chi connectivity index (χ0v) is 10.2. The van der Waals surface area contributed by atoms with Crippen LogP contribution in [0.3, 0.4) is 0 Å². The number of ether oxygens (including phenoxy) is 1. The predicted molar refractivity (Wildman–Crippen MR) is 67.6 cm³/mol. The van der Waals surface area contributed by atoms with Crippen molar-refractivity contribution in [1.29, 1.82) is 0 Å². The van der Waals surface area contributed by atoms with Gasteiger partial charge >= 0.3 is 6.09 Å². The number of hydrogen-bond donors (Lipinski definition) is 1. The Morgan fingerprint density at radius 3 is 2.70 bits per heavy atom. The molecule has 1 aromatic carbocycles. The highest BCUT2D eigenvalue weighted by molar-refractivity contribution is 5.74. The first-order valence-electron chi connectivity index (χ1n) is 5.61. The molecule has 0 unspecified atom stereocenters. The second kappa shape index (κ2) is 5.79. The van der Waals surface area contributed by atoms with Crippen molar-refractivity contribution in [2.75, 3.05) is 0 Å². The molecule has 0 radical (unpaired) electrons. The molecule has 1 N–H and O–H groups in total. The van der Waals surface area contributed by atoms with Crippen molar-refractivity contribution >= 4 is 12.4 Å². The third kappa shape index (κ3) is 2.89. The molecule has 0 saturated heterocycles. The molecule has 2 rings (SSSR count). The second-order valence-electron chi connectivity index (χ2n) is 3.83. The van der Waals surface area contributed by atoms with Crippen LogP contribution in [0.15, 0.2) is 41.3 Å². The molecule has 0 aliphatic carbocycles. The zero-order chi connectivity index (χ0) is 14.5. The molecule has 2 aromatic rings. The Morgan fingerprint density at radius 2 is 2.05 bits per heavy atom. The number of aldehydes is 1. The Balaban J connectivity index is 2.16. The number of aromatic nitrogens is 2. The summed E-state index contributed by atoms with van der Waals surface area (Å²) >= 11 is 0. The first kappa shape index (κ1) is 13.5. The molecule has 20 heavy (non-hydrogen) atoms. The summed E-state index contributed by atoms with van der Waals surface area (Å²) in [5.74, 6) is -0.751.